The molecule has 0 heterocycles. The van der Waals surface area contributed by atoms with Crippen molar-refractivity contribution in [2.45, 2.75) is 51.5 Å². The molecule has 5 N–H and O–H groups in total. The van der Waals surface area contributed by atoms with Crippen LogP contribution in [0.5, 0.6) is 0 Å². The van der Waals surface area contributed by atoms with Crippen LogP contribution in [0.1, 0.15) is 45.4 Å². The molecule has 0 rings (SSSR count). The largest absolute Gasteiger partial charge is 0.355 e. The molecule has 16 heavy (non-hydrogen) atoms. The van der Waals surface area contributed by atoms with Gasteiger partial charge in [0.2, 0.25) is 5.91 Å². The second-order valence-corrected chi connectivity index (χ2v) is 4.01. The van der Waals surface area contributed by atoms with Gasteiger partial charge in [0, 0.05) is 13.1 Å². The topological polar surface area (TPSA) is 87.4 Å². The smallest absolute Gasteiger partial charge is 0.236 e. The number of hydrogen-bond donors (Lipinski definition) is 4. The first-order chi connectivity index (χ1) is 7.72. The van der Waals surface area contributed by atoms with Crippen molar-refractivity contribution in [3.05, 3.63) is 0 Å². The lowest BCUT2D eigenvalue weighted by Crippen LogP contribution is -2.40. The first kappa shape index (κ1) is 15.3. The Morgan fingerprint density at radius 2 is 1.94 bits per heavy atom. The zero-order valence-electron chi connectivity index (χ0n) is 10.2. The molecule has 1 atom stereocenters. The molecule has 5 heteroatoms. The monoisotopic (exact) mass is 231 g/mol. The Bertz CT molecular complexity index is 177. The van der Waals surface area contributed by atoms with Crippen molar-refractivity contribution >= 4 is 5.91 Å². The highest BCUT2D eigenvalue weighted by Gasteiger charge is 2.11. The van der Waals surface area contributed by atoms with Crippen LogP contribution in [0.25, 0.3) is 0 Å². The van der Waals surface area contributed by atoms with Crippen molar-refractivity contribution in [1.82, 2.24) is 10.8 Å². The number of nitrogens with one attached hydrogen (secondary N) is 2. The summed E-state index contributed by atoms with van der Waals surface area (Å²) in [5.41, 5.74) is 7.80. The summed E-state index contributed by atoms with van der Waals surface area (Å²) in [6, 6.07) is -0.416. The normalized spacial score (nSPS) is 12.4. The molecule has 0 unspecified atom stereocenters. The minimum Gasteiger partial charge on any atom is -0.355 e. The van der Waals surface area contributed by atoms with Crippen molar-refractivity contribution < 1.29 is 10.0 Å². The van der Waals surface area contributed by atoms with Gasteiger partial charge in [-0.3, -0.25) is 4.79 Å². The van der Waals surface area contributed by atoms with Gasteiger partial charge in [0.15, 0.2) is 0 Å². The van der Waals surface area contributed by atoms with Gasteiger partial charge >= 0.3 is 0 Å². The number of unbranched alkanes of at least 4 members (excludes halogenated alkanes) is 3. The average molecular weight is 231 g/mol. The van der Waals surface area contributed by atoms with E-state index in [0.29, 0.717) is 13.0 Å². The molecule has 0 aliphatic carbocycles. The second kappa shape index (κ2) is 10.9. The fourth-order valence-electron chi connectivity index (χ4n) is 1.42. The van der Waals surface area contributed by atoms with E-state index in [0.717, 1.165) is 38.6 Å². The van der Waals surface area contributed by atoms with E-state index >= 15 is 0 Å². The zero-order valence-corrected chi connectivity index (χ0v) is 10.2. The third-order valence-electron chi connectivity index (χ3n) is 2.47. The highest BCUT2D eigenvalue weighted by molar-refractivity contribution is 5.81. The molecular formula is C11H25N3O2. The van der Waals surface area contributed by atoms with Crippen LogP contribution < -0.4 is 16.5 Å². The summed E-state index contributed by atoms with van der Waals surface area (Å²) in [7, 11) is 0. The molecule has 0 saturated heterocycles. The Labute approximate surface area is 97.7 Å². The number of rotatable bonds is 10. The predicted octanol–water partition coefficient (Wildman–Crippen LogP) is 0.769. The molecule has 1 amide bonds. The average Bonchev–Trinajstić information content (AvgIpc) is 2.29. The van der Waals surface area contributed by atoms with Crippen molar-refractivity contribution in [2.24, 2.45) is 5.73 Å². The lowest BCUT2D eigenvalue weighted by molar-refractivity contribution is -0.122. The van der Waals surface area contributed by atoms with Gasteiger partial charge in [-0.15, -0.1) is 0 Å². The van der Waals surface area contributed by atoms with Gasteiger partial charge in [-0.1, -0.05) is 26.2 Å². The molecule has 0 aliphatic rings. The van der Waals surface area contributed by atoms with Gasteiger partial charge < -0.3 is 16.3 Å². The van der Waals surface area contributed by atoms with E-state index in [1.54, 1.807) is 0 Å². The van der Waals surface area contributed by atoms with Crippen molar-refractivity contribution in [3.8, 4) is 0 Å². The number of carbonyl (C=O) groups is 1. The Kier molecular flexibility index (Phi) is 10.4. The van der Waals surface area contributed by atoms with Crippen LogP contribution in [-0.4, -0.2) is 30.2 Å². The lowest BCUT2D eigenvalue weighted by Gasteiger charge is -2.11. The summed E-state index contributed by atoms with van der Waals surface area (Å²) in [6.07, 6.45) is 5.64. The van der Waals surface area contributed by atoms with Gasteiger partial charge in [-0.05, 0) is 19.3 Å². The Morgan fingerprint density at radius 1 is 1.25 bits per heavy atom. The summed E-state index contributed by atoms with van der Waals surface area (Å²) >= 11 is 0. The molecule has 0 fully saturated rings. The van der Waals surface area contributed by atoms with Gasteiger partial charge in [-0.25, -0.2) is 5.48 Å². The van der Waals surface area contributed by atoms with Gasteiger partial charge in [0.05, 0.1) is 6.04 Å². The van der Waals surface area contributed by atoms with E-state index in [2.05, 4.69) is 17.7 Å². The van der Waals surface area contributed by atoms with E-state index in [-0.39, 0.29) is 5.91 Å². The van der Waals surface area contributed by atoms with Crippen molar-refractivity contribution in [3.63, 3.8) is 0 Å². The van der Waals surface area contributed by atoms with E-state index in [4.69, 9.17) is 10.9 Å². The number of carbonyl (C=O) groups excluding carboxylic acids is 1. The Balaban J connectivity index is 3.42. The number of hydroxylamine groups is 1. The molecule has 0 saturated carbocycles. The molecule has 5 nitrogen and oxygen atoms in total. The SMILES string of the molecule is CCCCCNC(=O)[C@H](N)CCCCNO. The van der Waals surface area contributed by atoms with E-state index in [9.17, 15) is 4.79 Å². The van der Waals surface area contributed by atoms with Gasteiger partial charge in [0.25, 0.3) is 0 Å². The maximum absolute atomic E-state index is 11.5. The summed E-state index contributed by atoms with van der Waals surface area (Å²) in [6.45, 7) is 3.40. The first-order valence-corrected chi connectivity index (χ1v) is 6.12. The van der Waals surface area contributed by atoms with Gasteiger partial charge in [-0.2, -0.15) is 0 Å². The lowest BCUT2D eigenvalue weighted by atomic mass is 10.1. The van der Waals surface area contributed by atoms with Crippen LogP contribution in [0.2, 0.25) is 0 Å². The van der Waals surface area contributed by atoms with Crippen LogP contribution in [0.4, 0.5) is 0 Å². The second-order valence-electron chi connectivity index (χ2n) is 4.01. The minimum atomic E-state index is -0.416. The molecule has 0 spiro atoms. The van der Waals surface area contributed by atoms with Crippen molar-refractivity contribution in [2.75, 3.05) is 13.1 Å². The highest BCUT2D eigenvalue weighted by Crippen LogP contribution is 1.98. The third-order valence-corrected chi connectivity index (χ3v) is 2.47. The molecule has 0 aromatic heterocycles. The van der Waals surface area contributed by atoms with Crippen LogP contribution in [0.3, 0.4) is 0 Å². The Morgan fingerprint density at radius 3 is 2.56 bits per heavy atom. The molecule has 0 bridgehead atoms. The van der Waals surface area contributed by atoms with Crippen molar-refractivity contribution in [1.29, 1.82) is 0 Å². The summed E-state index contributed by atoms with van der Waals surface area (Å²) < 4.78 is 0. The summed E-state index contributed by atoms with van der Waals surface area (Å²) in [4.78, 5) is 11.5. The third kappa shape index (κ3) is 8.64. The fourth-order valence-corrected chi connectivity index (χ4v) is 1.42. The molecule has 96 valence electrons. The zero-order chi connectivity index (χ0) is 12.2. The molecule has 0 aliphatic heterocycles. The minimum absolute atomic E-state index is 0.0620. The number of hydrogen-bond acceptors (Lipinski definition) is 4. The summed E-state index contributed by atoms with van der Waals surface area (Å²) in [5, 5.41) is 11.2. The Hall–Kier alpha value is -0.650. The van der Waals surface area contributed by atoms with E-state index in [1.807, 2.05) is 0 Å². The first-order valence-electron chi connectivity index (χ1n) is 6.12. The fraction of sp³-hybridized carbons (Fsp3) is 0.909. The predicted molar refractivity (Wildman–Crippen MR) is 64.2 cm³/mol. The maximum atomic E-state index is 11.5. The molecule has 0 aromatic rings. The van der Waals surface area contributed by atoms with Gasteiger partial charge in [0.1, 0.15) is 0 Å². The van der Waals surface area contributed by atoms with E-state index < -0.39 is 6.04 Å². The van der Waals surface area contributed by atoms with Crippen LogP contribution in [-0.2, 0) is 4.79 Å². The van der Waals surface area contributed by atoms with Crippen LogP contribution >= 0.6 is 0 Å². The van der Waals surface area contributed by atoms with Crippen LogP contribution in [0.15, 0.2) is 0 Å². The molecule has 0 aromatic carbocycles. The maximum Gasteiger partial charge on any atom is 0.236 e. The van der Waals surface area contributed by atoms with Crippen LogP contribution in [0, 0.1) is 0 Å². The number of nitrogens with two attached hydrogens (primary N) is 1. The quantitative estimate of drug-likeness (QED) is 0.330. The highest BCUT2D eigenvalue weighted by atomic mass is 16.5. The summed E-state index contributed by atoms with van der Waals surface area (Å²) in [5.74, 6) is -0.0620. The number of amides is 1. The van der Waals surface area contributed by atoms with E-state index in [1.165, 1.54) is 0 Å². The standard InChI is InChI=1S/C11H25N3O2/c1-2-3-5-8-13-11(15)10(12)7-4-6-9-14-16/h10,14,16H,2-9,12H2,1H3,(H,13,15)/t10-/m1/s1. The molecular weight excluding hydrogens is 206 g/mol. The molecule has 0 radical (unpaired) electrons.